The number of benzene rings is 2. The first-order valence-corrected chi connectivity index (χ1v) is 13.5. The number of nitriles is 1. The molecule has 1 aliphatic carbocycles. The number of aryl methyl sites for hydroxylation is 1. The summed E-state index contributed by atoms with van der Waals surface area (Å²) in [5, 5.41) is 24.0. The van der Waals surface area contributed by atoms with Crippen molar-refractivity contribution in [2.24, 2.45) is 5.92 Å². The largest absolute Gasteiger partial charge is 0.492 e. The van der Waals surface area contributed by atoms with Crippen LogP contribution < -0.4 is 21.3 Å². The molecule has 38 heavy (non-hydrogen) atoms. The van der Waals surface area contributed by atoms with Gasteiger partial charge in [-0.3, -0.25) is 18.8 Å². The van der Waals surface area contributed by atoms with Gasteiger partial charge in [-0.25, -0.2) is 4.79 Å². The maximum Gasteiger partial charge on any atom is 0.331 e. The Labute approximate surface area is 226 Å². The minimum atomic E-state index is -1.04. The molecule has 0 bridgehead atoms. The van der Waals surface area contributed by atoms with Crippen LogP contribution in [0.1, 0.15) is 45.6 Å². The first kappa shape index (κ1) is 27.7. The normalized spacial score (nSPS) is 14.9. The number of hydrogen-bond donors (Lipinski definition) is 2. The number of ether oxygens (including phenoxy) is 1. The van der Waals surface area contributed by atoms with Crippen LogP contribution in [0.5, 0.6) is 5.75 Å². The van der Waals surface area contributed by atoms with Gasteiger partial charge in [0.25, 0.3) is 5.56 Å². The molecule has 0 radical (unpaired) electrons. The van der Waals surface area contributed by atoms with Gasteiger partial charge in [-0.2, -0.15) is 5.26 Å². The van der Waals surface area contributed by atoms with Gasteiger partial charge in [0.15, 0.2) is 6.35 Å². The summed E-state index contributed by atoms with van der Waals surface area (Å²) >= 11 is 6.12. The van der Waals surface area contributed by atoms with E-state index < -0.39 is 6.35 Å². The summed E-state index contributed by atoms with van der Waals surface area (Å²) in [6.45, 7) is 7.60. The summed E-state index contributed by atoms with van der Waals surface area (Å²) in [5.74, 6) is 0.933. The van der Waals surface area contributed by atoms with Crippen molar-refractivity contribution in [3.05, 3.63) is 67.8 Å². The van der Waals surface area contributed by atoms with Crippen molar-refractivity contribution in [2.45, 2.75) is 65.5 Å². The van der Waals surface area contributed by atoms with Crippen LogP contribution in [0, 0.1) is 17.2 Å². The van der Waals surface area contributed by atoms with Gasteiger partial charge in [0, 0.05) is 30.9 Å². The highest BCUT2D eigenvalue weighted by molar-refractivity contribution is 6.31. The summed E-state index contributed by atoms with van der Waals surface area (Å²) in [7, 11) is 0. The number of halogens is 1. The maximum atomic E-state index is 13.3. The summed E-state index contributed by atoms with van der Waals surface area (Å²) in [6.07, 6.45) is 1.75. The molecule has 9 nitrogen and oxygen atoms in total. The molecule has 1 heterocycles. The van der Waals surface area contributed by atoms with Crippen LogP contribution in [0.25, 0.3) is 10.9 Å². The lowest BCUT2D eigenvalue weighted by Crippen LogP contribution is -2.49. The highest BCUT2D eigenvalue weighted by Crippen LogP contribution is 2.30. The number of rotatable bonds is 12. The molecule has 0 aliphatic heterocycles. The molecule has 4 rings (SSSR count). The van der Waals surface area contributed by atoms with E-state index in [1.165, 1.54) is 4.57 Å². The number of aliphatic hydroxyl groups excluding tert-OH is 1. The molecule has 1 aromatic heterocycles. The zero-order valence-electron chi connectivity index (χ0n) is 22.0. The highest BCUT2D eigenvalue weighted by Gasteiger charge is 2.26. The molecule has 0 saturated heterocycles. The monoisotopic (exact) mass is 539 g/mol. The second kappa shape index (κ2) is 12.0. The first-order chi connectivity index (χ1) is 18.3. The van der Waals surface area contributed by atoms with E-state index in [1.54, 1.807) is 41.0 Å². The number of aromatic nitrogens is 2. The van der Waals surface area contributed by atoms with Crippen LogP contribution in [0.15, 0.2) is 46.0 Å². The van der Waals surface area contributed by atoms with E-state index in [1.807, 2.05) is 31.7 Å². The molecule has 10 heteroatoms. The van der Waals surface area contributed by atoms with Crippen LogP contribution in [0.3, 0.4) is 0 Å². The Morgan fingerprint density at radius 2 is 1.95 bits per heavy atom. The first-order valence-electron chi connectivity index (χ1n) is 13.1. The van der Waals surface area contributed by atoms with Gasteiger partial charge in [0.05, 0.1) is 21.5 Å². The minimum absolute atomic E-state index is 0.126. The van der Waals surface area contributed by atoms with Crippen molar-refractivity contribution in [2.75, 3.05) is 18.5 Å². The van der Waals surface area contributed by atoms with Gasteiger partial charge >= 0.3 is 5.69 Å². The van der Waals surface area contributed by atoms with E-state index in [2.05, 4.69) is 5.32 Å². The average molecular weight is 540 g/mol. The number of fused-ring (bicyclic) bond motifs is 1. The molecule has 1 saturated carbocycles. The van der Waals surface area contributed by atoms with E-state index in [4.69, 9.17) is 21.6 Å². The van der Waals surface area contributed by atoms with E-state index in [-0.39, 0.29) is 17.3 Å². The van der Waals surface area contributed by atoms with E-state index in [0.29, 0.717) is 71.5 Å². The highest BCUT2D eigenvalue weighted by atomic mass is 35.5. The molecule has 202 valence electrons. The Morgan fingerprint density at radius 3 is 2.55 bits per heavy atom. The predicted molar refractivity (Wildman–Crippen MR) is 149 cm³/mol. The Morgan fingerprint density at radius 1 is 1.18 bits per heavy atom. The molecule has 1 aliphatic rings. The van der Waals surface area contributed by atoms with Crippen LogP contribution in [-0.2, 0) is 13.1 Å². The molecule has 3 aromatic rings. The smallest absolute Gasteiger partial charge is 0.331 e. The zero-order chi connectivity index (χ0) is 27.4. The van der Waals surface area contributed by atoms with Crippen molar-refractivity contribution in [3.8, 4) is 11.8 Å². The lowest BCUT2D eigenvalue weighted by atomic mass is 10.2. The fraction of sp³-hybridized carbons (Fsp3) is 0.464. The third-order valence-electron chi connectivity index (χ3n) is 7.10. The molecule has 2 atom stereocenters. The third-order valence-corrected chi connectivity index (χ3v) is 7.41. The van der Waals surface area contributed by atoms with Crippen molar-refractivity contribution in [1.29, 1.82) is 5.26 Å². The number of nitrogens with zero attached hydrogens (tertiary/aromatic N) is 4. The Bertz CT molecular complexity index is 1460. The molecule has 2 unspecified atom stereocenters. The number of hydrogen-bond acceptors (Lipinski definition) is 7. The second-order valence-corrected chi connectivity index (χ2v) is 10.0. The number of likely N-dealkylation sites (N-methyl/N-ethyl adjacent to an activating group) is 1. The minimum Gasteiger partial charge on any atom is -0.492 e. The molecule has 0 spiro atoms. The molecule has 0 amide bonds. The fourth-order valence-electron chi connectivity index (χ4n) is 4.72. The zero-order valence-corrected chi connectivity index (χ0v) is 22.7. The van der Waals surface area contributed by atoms with E-state index >= 15 is 0 Å². The lowest BCUT2D eigenvalue weighted by Gasteiger charge is -2.34. The van der Waals surface area contributed by atoms with Crippen molar-refractivity contribution in [1.82, 2.24) is 14.0 Å². The Balaban J connectivity index is 1.53. The number of anilines is 1. The topological polar surface area (TPSA) is 113 Å². The molecular formula is C28H34ClN5O4. The fourth-order valence-corrected chi connectivity index (χ4v) is 4.93. The van der Waals surface area contributed by atoms with Crippen LogP contribution in [0.2, 0.25) is 5.02 Å². The van der Waals surface area contributed by atoms with E-state index in [0.717, 1.165) is 12.8 Å². The average Bonchev–Trinajstić information content (AvgIpc) is 3.74. The lowest BCUT2D eigenvalue weighted by molar-refractivity contribution is -0.0155. The van der Waals surface area contributed by atoms with Crippen molar-refractivity contribution >= 4 is 28.2 Å². The predicted octanol–water partition coefficient (Wildman–Crippen LogP) is 3.99. The molecule has 2 aromatic carbocycles. The second-order valence-electron chi connectivity index (χ2n) is 9.59. The summed E-state index contributed by atoms with van der Waals surface area (Å²) < 4.78 is 8.90. The summed E-state index contributed by atoms with van der Waals surface area (Å²) in [5.41, 5.74) is 0.973. The number of nitrogens with one attached hydrogen (secondary N) is 1. The maximum absolute atomic E-state index is 13.3. The third kappa shape index (κ3) is 5.88. The van der Waals surface area contributed by atoms with Crippen LogP contribution in [0.4, 0.5) is 5.69 Å². The van der Waals surface area contributed by atoms with Crippen LogP contribution in [-0.4, -0.2) is 44.7 Å². The van der Waals surface area contributed by atoms with Crippen molar-refractivity contribution < 1.29 is 9.84 Å². The van der Waals surface area contributed by atoms with Gasteiger partial charge in [0.2, 0.25) is 0 Å². The Kier molecular flexibility index (Phi) is 8.77. The quantitative estimate of drug-likeness (QED) is 0.335. The van der Waals surface area contributed by atoms with Gasteiger partial charge in [0.1, 0.15) is 18.4 Å². The van der Waals surface area contributed by atoms with Gasteiger partial charge < -0.3 is 15.2 Å². The van der Waals surface area contributed by atoms with Crippen LogP contribution >= 0.6 is 11.6 Å². The molecule has 2 N–H and O–H groups in total. The van der Waals surface area contributed by atoms with E-state index in [9.17, 15) is 14.7 Å². The molecular weight excluding hydrogens is 506 g/mol. The standard InChI is InChI=1S/C28H34ClN5O4/c1-4-21(17-38-22-11-9-19(15-30)24(29)14-22)32(5-2)27(36)31-20-10-12-25-23(13-20)26(35)34(16-18-7-8-18)28(37)33(25)6-3/h9-14,18,21,27,31,36H,4-8,16-17H2,1-3H3. The van der Waals surface area contributed by atoms with Gasteiger partial charge in [-0.15, -0.1) is 0 Å². The SMILES string of the molecule is CCC(COc1ccc(C#N)c(Cl)c1)N(CC)C(O)Nc1ccc2c(c1)c(=O)n(CC1CC1)c(=O)n2CC. The van der Waals surface area contributed by atoms with Gasteiger partial charge in [-0.05, 0) is 69.0 Å². The Hall–Kier alpha value is -3.32. The van der Waals surface area contributed by atoms with Crippen molar-refractivity contribution in [3.63, 3.8) is 0 Å². The van der Waals surface area contributed by atoms with Gasteiger partial charge in [-0.1, -0.05) is 25.4 Å². The summed E-state index contributed by atoms with van der Waals surface area (Å²) in [4.78, 5) is 28.1. The summed E-state index contributed by atoms with van der Waals surface area (Å²) in [6, 6.07) is 12.1. The number of aliphatic hydroxyl groups is 1. The molecule has 1 fully saturated rings.